The van der Waals surface area contributed by atoms with Crippen LogP contribution in [-0.2, 0) is 46.3 Å². The summed E-state index contributed by atoms with van der Waals surface area (Å²) in [7, 11) is -9.56. The number of esters is 2. The normalized spacial score (nSPS) is 16.1. The van der Waals surface area contributed by atoms with Crippen LogP contribution in [0.1, 0.15) is 129 Å². The standard InChI is InChI=1S/C39H70O15P2/c1-3-5-7-9-11-13-15-16-18-20-22-24-26-28-39(44)50-30-36(41)32-52-56(47,48)54-34-37(42)33-53-55(45,46)51-31-35(40)29-49-38(43)27-25-23-21-19-17-14-12-10-8-6-4-2/h5,7,9-13,15,35-37,40-42H,3-4,6,8,14,16-34H2,1-2H3,(H,45,46)(H,47,48)/b7-5+,11-9+,12-10-,15-13-. The van der Waals surface area contributed by atoms with E-state index in [0.717, 1.165) is 77.0 Å². The molecule has 0 aromatic carbocycles. The Bertz CT molecular complexity index is 1210. The molecule has 0 bridgehead atoms. The number of rotatable bonds is 38. The van der Waals surface area contributed by atoms with Crippen molar-refractivity contribution in [2.75, 3.05) is 39.6 Å². The minimum atomic E-state index is -4.78. The maximum absolute atomic E-state index is 12.1. The fraction of sp³-hybridized carbons (Fsp3) is 0.744. The van der Waals surface area contributed by atoms with Gasteiger partial charge in [-0.2, -0.15) is 0 Å². The molecule has 0 rings (SSSR count). The number of hydrogen-bond acceptors (Lipinski definition) is 13. The van der Waals surface area contributed by atoms with Crippen LogP contribution in [0.15, 0.2) is 48.6 Å². The third-order valence-electron chi connectivity index (χ3n) is 7.83. The number of unbranched alkanes of at least 4 members (excludes halogenated alkanes) is 12. The Kier molecular flexibility index (Phi) is 34.8. The lowest BCUT2D eigenvalue weighted by Gasteiger charge is -2.19. The van der Waals surface area contributed by atoms with Gasteiger partial charge < -0.3 is 34.6 Å². The topological polar surface area (TPSA) is 225 Å². The summed E-state index contributed by atoms with van der Waals surface area (Å²) in [6.07, 6.45) is 28.4. The van der Waals surface area contributed by atoms with Crippen molar-refractivity contribution in [1.29, 1.82) is 0 Å². The molecule has 0 saturated heterocycles. The van der Waals surface area contributed by atoms with Crippen molar-refractivity contribution in [1.82, 2.24) is 0 Å². The summed E-state index contributed by atoms with van der Waals surface area (Å²) < 4.78 is 52.7. The quantitative estimate of drug-likeness (QED) is 0.0132. The van der Waals surface area contributed by atoms with Crippen LogP contribution in [0.3, 0.4) is 0 Å². The maximum Gasteiger partial charge on any atom is 0.472 e. The summed E-state index contributed by atoms with van der Waals surface area (Å²) in [5, 5.41) is 29.8. The number of aliphatic hydroxyl groups is 3. The molecule has 0 radical (unpaired) electrons. The van der Waals surface area contributed by atoms with Crippen LogP contribution in [0.5, 0.6) is 0 Å². The summed E-state index contributed by atoms with van der Waals surface area (Å²) in [5.74, 6) is -1.03. The van der Waals surface area contributed by atoms with Crippen LogP contribution >= 0.6 is 15.6 Å². The molecule has 326 valence electrons. The maximum atomic E-state index is 12.1. The SMILES string of the molecule is CC/C=C/C=C/C=C\CCCCCCCC(=O)OCC(O)COP(=O)(O)OCC(O)COP(=O)(O)OCC(O)COC(=O)CCCCCCC/C=C\CCCC. The second-order valence-corrected chi connectivity index (χ2v) is 16.2. The zero-order valence-electron chi connectivity index (χ0n) is 33.5. The van der Waals surface area contributed by atoms with E-state index >= 15 is 0 Å². The van der Waals surface area contributed by atoms with Gasteiger partial charge in [-0.15, -0.1) is 0 Å². The number of allylic oxidation sites excluding steroid dienone is 8. The van der Waals surface area contributed by atoms with Gasteiger partial charge in [0.2, 0.25) is 0 Å². The number of phosphoric ester groups is 2. The molecule has 0 saturated carbocycles. The van der Waals surface area contributed by atoms with E-state index in [1.807, 2.05) is 24.3 Å². The van der Waals surface area contributed by atoms with Crippen molar-refractivity contribution >= 4 is 27.6 Å². The molecule has 5 unspecified atom stereocenters. The van der Waals surface area contributed by atoms with Crippen molar-refractivity contribution < 1.29 is 71.4 Å². The number of ether oxygens (including phenoxy) is 2. The Morgan fingerprint density at radius 2 is 0.839 bits per heavy atom. The first-order valence-corrected chi connectivity index (χ1v) is 23.0. The van der Waals surface area contributed by atoms with Crippen LogP contribution < -0.4 is 0 Å². The zero-order chi connectivity index (χ0) is 41.8. The van der Waals surface area contributed by atoms with Crippen LogP contribution in [0, 0.1) is 0 Å². The van der Waals surface area contributed by atoms with Crippen molar-refractivity contribution in [3.8, 4) is 0 Å². The first kappa shape index (κ1) is 54.0. The first-order valence-electron chi connectivity index (χ1n) is 20.0. The lowest BCUT2D eigenvalue weighted by atomic mass is 10.1. The molecule has 0 aliphatic heterocycles. The predicted molar refractivity (Wildman–Crippen MR) is 214 cm³/mol. The summed E-state index contributed by atoms with van der Waals surface area (Å²) in [4.78, 5) is 43.5. The Balaban J connectivity index is 3.99. The summed E-state index contributed by atoms with van der Waals surface area (Å²) >= 11 is 0. The van der Waals surface area contributed by atoms with Gasteiger partial charge in [-0.05, 0) is 51.4 Å². The molecule has 56 heavy (non-hydrogen) atoms. The van der Waals surface area contributed by atoms with E-state index < -0.39 is 85.5 Å². The van der Waals surface area contributed by atoms with Crippen LogP contribution in [-0.4, -0.2) is 95.0 Å². The molecule has 15 nitrogen and oxygen atoms in total. The summed E-state index contributed by atoms with van der Waals surface area (Å²) in [5.41, 5.74) is 0. The highest BCUT2D eigenvalue weighted by molar-refractivity contribution is 7.47. The van der Waals surface area contributed by atoms with Gasteiger partial charge in [-0.25, -0.2) is 9.13 Å². The van der Waals surface area contributed by atoms with Gasteiger partial charge in [0.1, 0.15) is 31.5 Å². The van der Waals surface area contributed by atoms with E-state index in [9.17, 15) is 43.8 Å². The van der Waals surface area contributed by atoms with E-state index in [2.05, 4.69) is 56.2 Å². The molecule has 0 heterocycles. The number of carbonyl (C=O) groups excluding carboxylic acids is 2. The van der Waals surface area contributed by atoms with Crippen molar-refractivity contribution in [3.05, 3.63) is 48.6 Å². The molecule has 0 amide bonds. The fourth-order valence-corrected chi connectivity index (χ4v) is 6.25. The average molecular weight is 841 g/mol. The Morgan fingerprint density at radius 1 is 0.482 bits per heavy atom. The Hall–Kier alpha value is -2.00. The van der Waals surface area contributed by atoms with Gasteiger partial charge in [-0.3, -0.25) is 27.7 Å². The monoisotopic (exact) mass is 840 g/mol. The second-order valence-electron chi connectivity index (χ2n) is 13.3. The highest BCUT2D eigenvalue weighted by atomic mass is 31.2. The van der Waals surface area contributed by atoms with E-state index in [1.165, 1.54) is 12.8 Å². The molecule has 0 fully saturated rings. The van der Waals surface area contributed by atoms with E-state index in [0.29, 0.717) is 12.8 Å². The molecule has 5 atom stereocenters. The lowest BCUT2D eigenvalue weighted by molar-refractivity contribution is -0.148. The lowest BCUT2D eigenvalue weighted by Crippen LogP contribution is -2.25. The van der Waals surface area contributed by atoms with E-state index in [1.54, 1.807) is 0 Å². The number of carbonyl (C=O) groups is 2. The number of aliphatic hydroxyl groups excluding tert-OH is 3. The number of phosphoric acid groups is 2. The van der Waals surface area contributed by atoms with Crippen LogP contribution in [0.4, 0.5) is 0 Å². The largest absolute Gasteiger partial charge is 0.472 e. The van der Waals surface area contributed by atoms with Gasteiger partial charge >= 0.3 is 27.6 Å². The molecule has 0 aliphatic rings. The van der Waals surface area contributed by atoms with E-state index in [-0.39, 0.29) is 12.8 Å². The van der Waals surface area contributed by atoms with Crippen molar-refractivity contribution in [2.45, 2.75) is 148 Å². The Labute approximate surface area is 334 Å². The molecule has 0 aromatic rings. The van der Waals surface area contributed by atoms with Gasteiger partial charge in [0.25, 0.3) is 0 Å². The van der Waals surface area contributed by atoms with Gasteiger partial charge in [0.15, 0.2) is 0 Å². The van der Waals surface area contributed by atoms with Crippen molar-refractivity contribution in [2.24, 2.45) is 0 Å². The predicted octanol–water partition coefficient (Wildman–Crippen LogP) is 7.71. The van der Waals surface area contributed by atoms with Crippen LogP contribution in [0.2, 0.25) is 0 Å². The molecule has 17 heteroatoms. The summed E-state index contributed by atoms with van der Waals surface area (Å²) in [6, 6.07) is 0. The third kappa shape index (κ3) is 37.6. The van der Waals surface area contributed by atoms with Gasteiger partial charge in [0.05, 0.1) is 26.4 Å². The molecule has 0 aliphatic carbocycles. The first-order chi connectivity index (χ1) is 26.8. The van der Waals surface area contributed by atoms with Gasteiger partial charge in [0, 0.05) is 12.8 Å². The minimum absolute atomic E-state index is 0.172. The number of hydrogen-bond donors (Lipinski definition) is 5. The summed E-state index contributed by atoms with van der Waals surface area (Å²) in [6.45, 7) is 0.166. The average Bonchev–Trinajstić information content (AvgIpc) is 3.17. The Morgan fingerprint density at radius 3 is 1.27 bits per heavy atom. The molecule has 5 N–H and O–H groups in total. The second kappa shape index (κ2) is 36.1. The van der Waals surface area contributed by atoms with Crippen molar-refractivity contribution in [3.63, 3.8) is 0 Å². The highest BCUT2D eigenvalue weighted by Crippen LogP contribution is 2.45. The van der Waals surface area contributed by atoms with E-state index in [4.69, 9.17) is 9.47 Å². The fourth-order valence-electron chi connectivity index (χ4n) is 4.66. The molecular formula is C39H70O15P2. The highest BCUT2D eigenvalue weighted by Gasteiger charge is 2.28. The van der Waals surface area contributed by atoms with Gasteiger partial charge in [-0.1, -0.05) is 114 Å². The minimum Gasteiger partial charge on any atom is -0.463 e. The zero-order valence-corrected chi connectivity index (χ0v) is 35.3. The third-order valence-corrected chi connectivity index (χ3v) is 9.73. The molecular weight excluding hydrogens is 770 g/mol. The smallest absolute Gasteiger partial charge is 0.463 e. The molecule has 0 spiro atoms. The molecule has 0 aromatic heterocycles. The van der Waals surface area contributed by atoms with Crippen LogP contribution in [0.25, 0.3) is 0 Å².